The monoisotopic (exact) mass is 304 g/mol. The van der Waals surface area contributed by atoms with Gasteiger partial charge in [-0.1, -0.05) is 13.3 Å². The second kappa shape index (κ2) is 5.61. The number of hydrogen-bond acceptors (Lipinski definition) is 4. The molecule has 21 heavy (non-hydrogen) atoms. The van der Waals surface area contributed by atoms with Crippen LogP contribution in [-0.2, 0) is 6.54 Å². The zero-order chi connectivity index (χ0) is 14.2. The standard InChI is InChI=1S/C16H24N4S/c1-2-12-4-3-7-19(11-12)15-14(10-17-13-5-6-13)20-8-9-21-16(20)18-15/h8-9,12-13,17H,2-7,10-11H2,1H3. The van der Waals surface area contributed by atoms with Crippen LogP contribution in [0.5, 0.6) is 0 Å². The molecule has 3 heterocycles. The Morgan fingerprint density at radius 3 is 3.10 bits per heavy atom. The summed E-state index contributed by atoms with van der Waals surface area (Å²) >= 11 is 1.74. The van der Waals surface area contributed by atoms with Crippen LogP contribution < -0.4 is 10.2 Å². The number of nitrogens with one attached hydrogen (secondary N) is 1. The summed E-state index contributed by atoms with van der Waals surface area (Å²) in [4.78, 5) is 8.60. The molecule has 0 aromatic carbocycles. The van der Waals surface area contributed by atoms with E-state index < -0.39 is 0 Å². The summed E-state index contributed by atoms with van der Waals surface area (Å²) < 4.78 is 2.28. The third kappa shape index (κ3) is 2.69. The lowest BCUT2D eigenvalue weighted by Crippen LogP contribution is -2.36. The quantitative estimate of drug-likeness (QED) is 0.920. The first-order valence-corrected chi connectivity index (χ1v) is 9.16. The van der Waals surface area contributed by atoms with Crippen molar-refractivity contribution in [3.05, 3.63) is 17.3 Å². The Morgan fingerprint density at radius 2 is 2.29 bits per heavy atom. The molecule has 1 saturated carbocycles. The number of fused-ring (bicyclic) bond motifs is 1. The summed E-state index contributed by atoms with van der Waals surface area (Å²) in [5, 5.41) is 5.80. The van der Waals surface area contributed by atoms with E-state index in [4.69, 9.17) is 4.98 Å². The summed E-state index contributed by atoms with van der Waals surface area (Å²) in [6.45, 7) is 5.61. The van der Waals surface area contributed by atoms with Gasteiger partial charge in [0.15, 0.2) is 10.8 Å². The number of imidazole rings is 1. The molecule has 0 bridgehead atoms. The van der Waals surface area contributed by atoms with E-state index in [0.717, 1.165) is 30.0 Å². The molecular formula is C16H24N4S. The average molecular weight is 304 g/mol. The Kier molecular flexibility index (Phi) is 3.63. The number of hydrogen-bond donors (Lipinski definition) is 1. The molecule has 1 N–H and O–H groups in total. The molecule has 0 amide bonds. The highest BCUT2D eigenvalue weighted by Crippen LogP contribution is 2.30. The van der Waals surface area contributed by atoms with E-state index in [1.807, 2.05) is 0 Å². The van der Waals surface area contributed by atoms with Gasteiger partial charge in [0.25, 0.3) is 0 Å². The van der Waals surface area contributed by atoms with Crippen LogP contribution in [0.1, 0.15) is 44.7 Å². The smallest absolute Gasteiger partial charge is 0.195 e. The number of aromatic nitrogens is 2. The highest BCUT2D eigenvalue weighted by atomic mass is 32.1. The van der Waals surface area contributed by atoms with E-state index in [0.29, 0.717) is 0 Å². The molecule has 5 heteroatoms. The van der Waals surface area contributed by atoms with Gasteiger partial charge in [-0.25, -0.2) is 4.98 Å². The first-order valence-electron chi connectivity index (χ1n) is 8.28. The van der Waals surface area contributed by atoms with E-state index >= 15 is 0 Å². The fourth-order valence-electron chi connectivity index (χ4n) is 3.36. The molecule has 2 aromatic heterocycles. The average Bonchev–Trinajstić information content (AvgIpc) is 3.12. The molecule has 114 valence electrons. The lowest BCUT2D eigenvalue weighted by molar-refractivity contribution is 0.402. The molecule has 2 aliphatic rings. The molecule has 1 atom stereocenters. The maximum absolute atomic E-state index is 4.93. The fraction of sp³-hybridized carbons (Fsp3) is 0.688. The van der Waals surface area contributed by atoms with E-state index in [1.165, 1.54) is 50.2 Å². The first kappa shape index (κ1) is 13.6. The molecule has 1 aliphatic heterocycles. The fourth-order valence-corrected chi connectivity index (χ4v) is 4.09. The largest absolute Gasteiger partial charge is 0.355 e. The van der Waals surface area contributed by atoms with Crippen LogP contribution in [0.3, 0.4) is 0 Å². The Labute approximate surface area is 130 Å². The van der Waals surface area contributed by atoms with Crippen molar-refractivity contribution < 1.29 is 0 Å². The van der Waals surface area contributed by atoms with Crippen LogP contribution >= 0.6 is 11.3 Å². The van der Waals surface area contributed by atoms with Crippen molar-refractivity contribution in [2.24, 2.45) is 5.92 Å². The maximum atomic E-state index is 4.93. The highest BCUT2D eigenvalue weighted by molar-refractivity contribution is 7.15. The van der Waals surface area contributed by atoms with Crippen LogP contribution in [-0.4, -0.2) is 28.5 Å². The van der Waals surface area contributed by atoms with E-state index in [9.17, 15) is 0 Å². The summed E-state index contributed by atoms with van der Waals surface area (Å²) in [6.07, 6.45) is 8.81. The Morgan fingerprint density at radius 1 is 1.38 bits per heavy atom. The van der Waals surface area contributed by atoms with Crippen molar-refractivity contribution in [3.63, 3.8) is 0 Å². The molecule has 4 nitrogen and oxygen atoms in total. The summed E-state index contributed by atoms with van der Waals surface area (Å²) in [6, 6.07) is 0.742. The van der Waals surface area contributed by atoms with E-state index in [-0.39, 0.29) is 0 Å². The zero-order valence-electron chi connectivity index (χ0n) is 12.7. The second-order valence-corrected chi connectivity index (χ2v) is 7.33. The van der Waals surface area contributed by atoms with Gasteiger partial charge in [-0.2, -0.15) is 0 Å². The van der Waals surface area contributed by atoms with Crippen molar-refractivity contribution in [2.75, 3.05) is 18.0 Å². The predicted octanol–water partition coefficient (Wildman–Crippen LogP) is 3.27. The summed E-state index contributed by atoms with van der Waals surface area (Å²) in [5.41, 5.74) is 1.36. The maximum Gasteiger partial charge on any atom is 0.195 e. The number of nitrogens with zero attached hydrogens (tertiary/aromatic N) is 3. The van der Waals surface area contributed by atoms with Gasteiger partial charge in [0.1, 0.15) is 0 Å². The second-order valence-electron chi connectivity index (χ2n) is 6.46. The molecule has 2 aromatic rings. The third-order valence-electron chi connectivity index (χ3n) is 4.87. The van der Waals surface area contributed by atoms with Gasteiger partial charge in [0.05, 0.1) is 5.69 Å². The molecular weight excluding hydrogens is 280 g/mol. The van der Waals surface area contributed by atoms with Gasteiger partial charge in [-0.05, 0) is 31.6 Å². The zero-order valence-corrected chi connectivity index (χ0v) is 13.5. The third-order valence-corrected chi connectivity index (χ3v) is 5.63. The topological polar surface area (TPSA) is 32.6 Å². The van der Waals surface area contributed by atoms with Crippen molar-refractivity contribution in [1.29, 1.82) is 0 Å². The van der Waals surface area contributed by atoms with Crippen LogP contribution in [0, 0.1) is 5.92 Å². The minimum atomic E-state index is 0.742. The SMILES string of the molecule is CCC1CCCN(c2nc3sccn3c2CNC2CC2)C1. The number of thiazole rings is 1. The van der Waals surface area contributed by atoms with Crippen LogP contribution in [0.4, 0.5) is 5.82 Å². The predicted molar refractivity (Wildman–Crippen MR) is 88.2 cm³/mol. The van der Waals surface area contributed by atoms with Gasteiger partial charge >= 0.3 is 0 Å². The number of rotatable bonds is 5. The van der Waals surface area contributed by atoms with Gasteiger partial charge in [0, 0.05) is 37.3 Å². The van der Waals surface area contributed by atoms with Crippen molar-refractivity contribution in [3.8, 4) is 0 Å². The van der Waals surface area contributed by atoms with Gasteiger partial charge in [-0.3, -0.25) is 4.40 Å². The van der Waals surface area contributed by atoms with Crippen molar-refractivity contribution >= 4 is 22.1 Å². The van der Waals surface area contributed by atoms with Crippen LogP contribution in [0.15, 0.2) is 11.6 Å². The van der Waals surface area contributed by atoms with Gasteiger partial charge in [-0.15, -0.1) is 11.3 Å². The molecule has 1 aliphatic carbocycles. The molecule has 4 rings (SSSR count). The van der Waals surface area contributed by atoms with Crippen LogP contribution in [0.25, 0.3) is 4.96 Å². The van der Waals surface area contributed by atoms with Gasteiger partial charge in [0.2, 0.25) is 0 Å². The lowest BCUT2D eigenvalue weighted by Gasteiger charge is -2.33. The minimum absolute atomic E-state index is 0.742. The first-order chi connectivity index (χ1) is 10.3. The number of piperidine rings is 1. The van der Waals surface area contributed by atoms with E-state index in [2.05, 4.69) is 33.1 Å². The number of anilines is 1. The minimum Gasteiger partial charge on any atom is -0.355 e. The van der Waals surface area contributed by atoms with Crippen molar-refractivity contribution in [2.45, 2.75) is 51.6 Å². The van der Waals surface area contributed by atoms with Gasteiger partial charge < -0.3 is 10.2 Å². The summed E-state index contributed by atoms with van der Waals surface area (Å²) in [7, 11) is 0. The normalized spacial score (nSPS) is 23.1. The molecule has 1 saturated heterocycles. The van der Waals surface area contributed by atoms with E-state index in [1.54, 1.807) is 11.3 Å². The Balaban J connectivity index is 1.62. The summed E-state index contributed by atoms with van der Waals surface area (Å²) in [5.74, 6) is 2.07. The van der Waals surface area contributed by atoms with Crippen LogP contribution in [0.2, 0.25) is 0 Å². The Bertz CT molecular complexity index is 613. The molecule has 0 radical (unpaired) electrons. The molecule has 2 fully saturated rings. The highest BCUT2D eigenvalue weighted by Gasteiger charge is 2.26. The lowest BCUT2D eigenvalue weighted by atomic mass is 9.95. The Hall–Kier alpha value is -1.07. The molecule has 1 unspecified atom stereocenters. The van der Waals surface area contributed by atoms with Crippen molar-refractivity contribution in [1.82, 2.24) is 14.7 Å². The molecule has 0 spiro atoms.